The van der Waals surface area contributed by atoms with Crippen molar-refractivity contribution in [2.45, 2.75) is 44.6 Å². The minimum Gasteiger partial charge on any atom is -0.382 e. The van der Waals surface area contributed by atoms with Crippen molar-refractivity contribution in [2.75, 3.05) is 13.1 Å². The van der Waals surface area contributed by atoms with Crippen molar-refractivity contribution in [3.8, 4) is 11.1 Å². The van der Waals surface area contributed by atoms with Crippen LogP contribution in [0.15, 0.2) is 41.7 Å². The maximum absolute atomic E-state index is 12.7. The second-order valence-corrected chi connectivity index (χ2v) is 6.97. The summed E-state index contributed by atoms with van der Waals surface area (Å²) in [4.78, 5) is 19.9. The summed E-state index contributed by atoms with van der Waals surface area (Å²) >= 11 is 0. The first kappa shape index (κ1) is 16.8. The van der Waals surface area contributed by atoms with Gasteiger partial charge in [-0.1, -0.05) is 42.4 Å². The number of aromatic nitrogens is 2. The number of benzene rings is 1. The van der Waals surface area contributed by atoms with Crippen molar-refractivity contribution < 1.29 is 9.63 Å². The lowest BCUT2D eigenvalue weighted by Crippen LogP contribution is -2.43. The Hall–Kier alpha value is -2.63. The summed E-state index contributed by atoms with van der Waals surface area (Å²) in [7, 11) is 0. The van der Waals surface area contributed by atoms with Gasteiger partial charge in [-0.05, 0) is 24.8 Å². The number of hydrogen-bond acceptors (Lipinski definition) is 4. The number of likely N-dealkylation sites (tertiary alicyclic amines) is 1. The zero-order valence-corrected chi connectivity index (χ0v) is 15.0. The lowest BCUT2D eigenvalue weighted by atomic mass is 9.89. The third-order valence-electron chi connectivity index (χ3n) is 5.38. The van der Waals surface area contributed by atoms with Gasteiger partial charge in [-0.3, -0.25) is 9.89 Å². The summed E-state index contributed by atoms with van der Waals surface area (Å²) in [6.07, 6.45) is 4.82. The third kappa shape index (κ3) is 3.23. The number of rotatable bonds is 4. The standard InChI is InChI=1S/C20H24N4O2/c1-2-16-12-18(26-23-16)20(25)24-10-8-15(9-11-24)19-17(13-21-22-19)14-6-4-3-5-7-14/h3-7,13,15,18H,2,8-12H2,1H3,(H,21,22). The molecule has 3 heterocycles. The van der Waals surface area contributed by atoms with Crippen LogP contribution >= 0.6 is 0 Å². The van der Waals surface area contributed by atoms with Crippen LogP contribution < -0.4 is 0 Å². The molecule has 26 heavy (non-hydrogen) atoms. The van der Waals surface area contributed by atoms with E-state index in [1.807, 2.05) is 36.2 Å². The van der Waals surface area contributed by atoms with Crippen molar-refractivity contribution >= 4 is 11.6 Å². The maximum Gasteiger partial charge on any atom is 0.266 e. The number of H-pyrrole nitrogens is 1. The van der Waals surface area contributed by atoms with Gasteiger partial charge in [0.05, 0.1) is 11.9 Å². The lowest BCUT2D eigenvalue weighted by molar-refractivity contribution is -0.143. The van der Waals surface area contributed by atoms with Gasteiger partial charge in [0.1, 0.15) is 0 Å². The average Bonchev–Trinajstić information content (AvgIpc) is 3.38. The highest BCUT2D eigenvalue weighted by molar-refractivity contribution is 5.92. The molecule has 0 radical (unpaired) electrons. The number of nitrogens with zero attached hydrogens (tertiary/aromatic N) is 3. The SMILES string of the molecule is CCC1=NOC(C(=O)N2CCC(c3[nH]ncc3-c3ccccc3)CC2)C1. The Balaban J connectivity index is 1.39. The van der Waals surface area contributed by atoms with Gasteiger partial charge in [0.15, 0.2) is 0 Å². The summed E-state index contributed by atoms with van der Waals surface area (Å²) in [5.74, 6) is 0.465. The Labute approximate surface area is 153 Å². The van der Waals surface area contributed by atoms with Gasteiger partial charge in [-0.2, -0.15) is 5.10 Å². The molecule has 1 atom stereocenters. The van der Waals surface area contributed by atoms with E-state index >= 15 is 0 Å². The van der Waals surface area contributed by atoms with Gasteiger partial charge in [0, 0.05) is 36.7 Å². The van der Waals surface area contributed by atoms with Crippen LogP contribution in [0.3, 0.4) is 0 Å². The monoisotopic (exact) mass is 352 g/mol. The van der Waals surface area contributed by atoms with E-state index in [9.17, 15) is 4.79 Å². The zero-order chi connectivity index (χ0) is 17.9. The molecule has 1 saturated heterocycles. The van der Waals surface area contributed by atoms with Crippen LogP contribution in [-0.4, -0.2) is 45.9 Å². The van der Waals surface area contributed by atoms with Gasteiger partial charge in [-0.25, -0.2) is 0 Å². The largest absolute Gasteiger partial charge is 0.382 e. The second-order valence-electron chi connectivity index (χ2n) is 6.97. The van der Waals surface area contributed by atoms with Crippen molar-refractivity contribution in [3.63, 3.8) is 0 Å². The fourth-order valence-corrected chi connectivity index (χ4v) is 3.82. The van der Waals surface area contributed by atoms with Gasteiger partial charge >= 0.3 is 0 Å². The first-order valence-electron chi connectivity index (χ1n) is 9.35. The number of carbonyl (C=O) groups excluding carboxylic acids is 1. The van der Waals surface area contributed by atoms with Crippen molar-refractivity contribution in [1.29, 1.82) is 0 Å². The van der Waals surface area contributed by atoms with E-state index in [0.717, 1.165) is 43.6 Å². The van der Waals surface area contributed by atoms with Crippen LogP contribution in [0.4, 0.5) is 0 Å². The molecule has 1 amide bonds. The van der Waals surface area contributed by atoms with E-state index in [0.29, 0.717) is 12.3 Å². The molecule has 1 aromatic heterocycles. The maximum atomic E-state index is 12.7. The number of nitrogens with one attached hydrogen (secondary N) is 1. The highest BCUT2D eigenvalue weighted by atomic mass is 16.6. The summed E-state index contributed by atoms with van der Waals surface area (Å²) < 4.78 is 0. The van der Waals surface area contributed by atoms with E-state index in [4.69, 9.17) is 4.84 Å². The fraction of sp³-hybridized carbons (Fsp3) is 0.450. The molecule has 1 unspecified atom stereocenters. The van der Waals surface area contributed by atoms with Crippen LogP contribution in [0.25, 0.3) is 11.1 Å². The number of piperidine rings is 1. The molecule has 2 aliphatic rings. The molecule has 1 N–H and O–H groups in total. The van der Waals surface area contributed by atoms with Crippen LogP contribution in [-0.2, 0) is 9.63 Å². The normalized spacial score (nSPS) is 20.7. The molecule has 2 aromatic rings. The van der Waals surface area contributed by atoms with Crippen molar-refractivity contribution in [1.82, 2.24) is 15.1 Å². The molecule has 2 aliphatic heterocycles. The molecule has 6 heteroatoms. The number of oxime groups is 1. The van der Waals surface area contributed by atoms with Crippen LogP contribution in [0.5, 0.6) is 0 Å². The molecule has 1 fully saturated rings. The summed E-state index contributed by atoms with van der Waals surface area (Å²) in [6, 6.07) is 10.3. The van der Waals surface area contributed by atoms with Crippen LogP contribution in [0.1, 0.15) is 44.2 Å². The van der Waals surface area contributed by atoms with Crippen molar-refractivity contribution in [2.24, 2.45) is 5.16 Å². The highest BCUT2D eigenvalue weighted by Gasteiger charge is 2.34. The second kappa shape index (κ2) is 7.32. The first-order chi connectivity index (χ1) is 12.8. The Morgan fingerprint density at radius 3 is 2.73 bits per heavy atom. The third-order valence-corrected chi connectivity index (χ3v) is 5.38. The predicted octanol–water partition coefficient (Wildman–Crippen LogP) is 3.34. The van der Waals surface area contributed by atoms with Crippen LogP contribution in [0, 0.1) is 0 Å². The van der Waals surface area contributed by atoms with Gasteiger partial charge in [0.2, 0.25) is 6.10 Å². The summed E-state index contributed by atoms with van der Waals surface area (Å²) in [5.41, 5.74) is 4.49. The van der Waals surface area contributed by atoms with Gasteiger partial charge < -0.3 is 9.74 Å². The highest BCUT2D eigenvalue weighted by Crippen LogP contribution is 2.34. The van der Waals surface area contributed by atoms with E-state index in [1.54, 1.807) is 0 Å². The molecule has 0 spiro atoms. The first-order valence-corrected chi connectivity index (χ1v) is 9.35. The molecule has 136 valence electrons. The van der Waals surface area contributed by atoms with E-state index in [1.165, 1.54) is 11.3 Å². The van der Waals surface area contributed by atoms with Crippen molar-refractivity contribution in [3.05, 3.63) is 42.2 Å². The molecule has 1 aromatic carbocycles. The number of amides is 1. The molecule has 6 nitrogen and oxygen atoms in total. The molecule has 4 rings (SSSR count). The smallest absolute Gasteiger partial charge is 0.266 e. The van der Waals surface area contributed by atoms with Gasteiger partial charge in [-0.15, -0.1) is 0 Å². The molecule has 0 bridgehead atoms. The molecular formula is C20H24N4O2. The van der Waals surface area contributed by atoms with Crippen LogP contribution in [0.2, 0.25) is 0 Å². The fourth-order valence-electron chi connectivity index (χ4n) is 3.82. The Kier molecular flexibility index (Phi) is 4.73. The Morgan fingerprint density at radius 2 is 2.04 bits per heavy atom. The summed E-state index contributed by atoms with van der Waals surface area (Å²) in [6.45, 7) is 3.53. The average molecular weight is 352 g/mol. The molecule has 0 aliphatic carbocycles. The van der Waals surface area contributed by atoms with E-state index in [-0.39, 0.29) is 5.91 Å². The lowest BCUT2D eigenvalue weighted by Gasteiger charge is -2.33. The minimum atomic E-state index is -0.423. The van der Waals surface area contributed by atoms with Gasteiger partial charge in [0.25, 0.3) is 5.91 Å². The zero-order valence-electron chi connectivity index (χ0n) is 15.0. The Morgan fingerprint density at radius 1 is 1.27 bits per heavy atom. The molecular weight excluding hydrogens is 328 g/mol. The topological polar surface area (TPSA) is 70.6 Å². The number of carbonyl (C=O) groups is 1. The quantitative estimate of drug-likeness (QED) is 0.917. The van der Waals surface area contributed by atoms with E-state index in [2.05, 4.69) is 27.5 Å². The summed E-state index contributed by atoms with van der Waals surface area (Å²) in [5, 5.41) is 11.5. The number of hydrogen-bond donors (Lipinski definition) is 1. The number of aromatic amines is 1. The molecule has 0 saturated carbocycles. The van der Waals surface area contributed by atoms with E-state index < -0.39 is 6.10 Å². The minimum absolute atomic E-state index is 0.0727. The Bertz CT molecular complexity index is 791. The predicted molar refractivity (Wildman–Crippen MR) is 99.8 cm³/mol.